The van der Waals surface area contributed by atoms with Gasteiger partial charge in [0.25, 0.3) is 0 Å². The Balaban J connectivity index is 0. The zero-order valence-electron chi connectivity index (χ0n) is 16.5. The summed E-state index contributed by atoms with van der Waals surface area (Å²) in [5.41, 5.74) is 0. The van der Waals surface area contributed by atoms with E-state index in [4.69, 9.17) is 0 Å². The molecule has 0 aromatic rings. The second-order valence-electron chi connectivity index (χ2n) is 7.37. The standard InChI is InChI=1S/C9H20.C8H16.C4H10/c1-4-6-7-8-9(3)5-2;1-7-3-5-8(2)6-4-7;1-3-4-2/h9H,4-8H2,1-3H3;7-8H,3-6H2,1-2H3;3-4H2,1-2H3. The first-order valence-corrected chi connectivity index (χ1v) is 10.0. The van der Waals surface area contributed by atoms with E-state index in [1.54, 1.807) is 0 Å². The number of hydrogen-bond acceptors (Lipinski definition) is 0. The first kappa shape index (κ1) is 23.3. The molecule has 0 aliphatic heterocycles. The lowest BCUT2D eigenvalue weighted by molar-refractivity contribution is 0.308. The quantitative estimate of drug-likeness (QED) is 0.433. The van der Waals surface area contributed by atoms with Crippen LogP contribution >= 0.6 is 0 Å². The molecule has 1 fully saturated rings. The molecule has 1 rings (SSSR count). The molecule has 0 heterocycles. The second kappa shape index (κ2) is 18.1. The summed E-state index contributed by atoms with van der Waals surface area (Å²) in [7, 11) is 0. The van der Waals surface area contributed by atoms with Crippen molar-refractivity contribution in [2.45, 2.75) is 119 Å². The van der Waals surface area contributed by atoms with Crippen LogP contribution in [-0.4, -0.2) is 0 Å². The maximum atomic E-state index is 2.37. The molecule has 0 heteroatoms. The SMILES string of the molecule is CC1CCC(C)CC1.CCCC.CCCCCC(C)CC. The Morgan fingerprint density at radius 2 is 1.14 bits per heavy atom. The number of hydrogen-bond donors (Lipinski definition) is 0. The lowest BCUT2D eigenvalue weighted by atomic mass is 9.84. The molecule has 0 radical (unpaired) electrons. The third-order valence-corrected chi connectivity index (χ3v) is 4.80. The molecule has 1 unspecified atom stereocenters. The zero-order chi connectivity index (χ0) is 16.5. The normalized spacial score (nSPS) is 22.4. The molecule has 0 spiro atoms. The Labute approximate surface area is 137 Å². The topological polar surface area (TPSA) is 0 Å². The molecule has 0 nitrogen and oxygen atoms in total. The smallest absolute Gasteiger partial charge is 0.0443 e. The third kappa shape index (κ3) is 20.0. The van der Waals surface area contributed by atoms with E-state index in [1.807, 2.05) is 0 Å². The Hall–Kier alpha value is 0. The number of unbranched alkanes of at least 4 members (excludes halogenated alkanes) is 3. The van der Waals surface area contributed by atoms with Gasteiger partial charge in [-0.3, -0.25) is 0 Å². The highest BCUT2D eigenvalue weighted by atomic mass is 14.2. The van der Waals surface area contributed by atoms with E-state index in [2.05, 4.69) is 48.5 Å². The minimum absolute atomic E-state index is 0.955. The van der Waals surface area contributed by atoms with Gasteiger partial charge in [0.2, 0.25) is 0 Å². The molecule has 1 aliphatic carbocycles. The van der Waals surface area contributed by atoms with Crippen molar-refractivity contribution in [1.29, 1.82) is 0 Å². The highest BCUT2D eigenvalue weighted by Crippen LogP contribution is 2.27. The summed E-state index contributed by atoms with van der Waals surface area (Å²) in [6.45, 7) is 16.0. The van der Waals surface area contributed by atoms with Crippen LogP contribution in [0.2, 0.25) is 0 Å². The predicted molar refractivity (Wildman–Crippen MR) is 101 cm³/mol. The van der Waals surface area contributed by atoms with Gasteiger partial charge in [-0.15, -0.1) is 0 Å². The van der Waals surface area contributed by atoms with E-state index < -0.39 is 0 Å². The van der Waals surface area contributed by atoms with Gasteiger partial charge in [0.1, 0.15) is 0 Å². The summed E-state index contributed by atoms with van der Waals surface area (Å²) < 4.78 is 0. The lowest BCUT2D eigenvalue weighted by Crippen LogP contribution is -2.08. The molecule has 21 heavy (non-hydrogen) atoms. The average Bonchev–Trinajstić information content (AvgIpc) is 2.51. The van der Waals surface area contributed by atoms with Gasteiger partial charge in [0.15, 0.2) is 0 Å². The third-order valence-electron chi connectivity index (χ3n) is 4.80. The van der Waals surface area contributed by atoms with Crippen molar-refractivity contribution in [2.75, 3.05) is 0 Å². The van der Waals surface area contributed by atoms with Gasteiger partial charge >= 0.3 is 0 Å². The molecule has 0 aromatic heterocycles. The van der Waals surface area contributed by atoms with Crippen LogP contribution in [0, 0.1) is 17.8 Å². The summed E-state index contributed by atoms with van der Waals surface area (Å²) in [6, 6.07) is 0. The molecule has 0 bridgehead atoms. The van der Waals surface area contributed by atoms with Gasteiger partial charge < -0.3 is 0 Å². The van der Waals surface area contributed by atoms with Crippen molar-refractivity contribution >= 4 is 0 Å². The van der Waals surface area contributed by atoms with E-state index >= 15 is 0 Å². The molecule has 1 saturated carbocycles. The van der Waals surface area contributed by atoms with Gasteiger partial charge in [-0.2, -0.15) is 0 Å². The van der Waals surface area contributed by atoms with Crippen molar-refractivity contribution in [1.82, 2.24) is 0 Å². The van der Waals surface area contributed by atoms with Crippen LogP contribution in [0.3, 0.4) is 0 Å². The highest BCUT2D eigenvalue weighted by molar-refractivity contribution is 4.65. The van der Waals surface area contributed by atoms with Gasteiger partial charge in [0.05, 0.1) is 0 Å². The van der Waals surface area contributed by atoms with Crippen LogP contribution in [0.1, 0.15) is 119 Å². The fourth-order valence-corrected chi connectivity index (χ4v) is 2.37. The molecule has 0 N–H and O–H groups in total. The van der Waals surface area contributed by atoms with Crippen molar-refractivity contribution < 1.29 is 0 Å². The molecule has 1 atom stereocenters. The number of rotatable bonds is 6. The van der Waals surface area contributed by atoms with Crippen LogP contribution in [-0.2, 0) is 0 Å². The second-order valence-corrected chi connectivity index (χ2v) is 7.37. The van der Waals surface area contributed by atoms with E-state index in [9.17, 15) is 0 Å². The van der Waals surface area contributed by atoms with Crippen LogP contribution in [0.5, 0.6) is 0 Å². The first-order chi connectivity index (χ1) is 10.0. The molecule has 0 aromatic carbocycles. The minimum atomic E-state index is 0.955. The molecule has 1 aliphatic rings. The van der Waals surface area contributed by atoms with Crippen LogP contribution in [0.4, 0.5) is 0 Å². The molecule has 0 saturated heterocycles. The molecule has 0 amide bonds. The molecular formula is C21H46. The molecular weight excluding hydrogens is 252 g/mol. The van der Waals surface area contributed by atoms with Crippen LogP contribution in [0.15, 0.2) is 0 Å². The Morgan fingerprint density at radius 1 is 0.714 bits per heavy atom. The predicted octanol–water partition coefficient (Wildman–Crippen LogP) is 8.25. The summed E-state index contributed by atoms with van der Waals surface area (Å²) >= 11 is 0. The van der Waals surface area contributed by atoms with Gasteiger partial charge in [-0.25, -0.2) is 0 Å². The van der Waals surface area contributed by atoms with E-state index in [1.165, 1.54) is 70.6 Å². The Morgan fingerprint density at radius 3 is 1.43 bits per heavy atom. The fourth-order valence-electron chi connectivity index (χ4n) is 2.37. The van der Waals surface area contributed by atoms with Crippen LogP contribution < -0.4 is 0 Å². The summed E-state index contributed by atoms with van der Waals surface area (Å²) in [5, 5.41) is 0. The first-order valence-electron chi connectivity index (χ1n) is 10.0. The van der Waals surface area contributed by atoms with E-state index in [0.717, 1.165) is 17.8 Å². The van der Waals surface area contributed by atoms with E-state index in [-0.39, 0.29) is 0 Å². The van der Waals surface area contributed by atoms with Crippen molar-refractivity contribution in [2.24, 2.45) is 17.8 Å². The largest absolute Gasteiger partial charge is 0.0654 e. The Kier molecular flexibility index (Phi) is 20.0. The Bertz CT molecular complexity index is 153. The molecule has 130 valence electrons. The average molecular weight is 299 g/mol. The van der Waals surface area contributed by atoms with Crippen molar-refractivity contribution in [3.8, 4) is 0 Å². The van der Waals surface area contributed by atoms with Crippen molar-refractivity contribution in [3.63, 3.8) is 0 Å². The maximum Gasteiger partial charge on any atom is -0.0443 e. The van der Waals surface area contributed by atoms with E-state index in [0.29, 0.717) is 0 Å². The maximum absolute atomic E-state index is 2.37. The zero-order valence-corrected chi connectivity index (χ0v) is 16.5. The monoisotopic (exact) mass is 298 g/mol. The summed E-state index contributed by atoms with van der Waals surface area (Å²) in [6.07, 6.45) is 15.5. The summed E-state index contributed by atoms with van der Waals surface area (Å²) in [4.78, 5) is 0. The summed E-state index contributed by atoms with van der Waals surface area (Å²) in [5.74, 6) is 2.99. The van der Waals surface area contributed by atoms with Gasteiger partial charge in [-0.05, 0) is 17.8 Å². The van der Waals surface area contributed by atoms with Gasteiger partial charge in [-0.1, -0.05) is 119 Å². The fraction of sp³-hybridized carbons (Fsp3) is 1.00. The van der Waals surface area contributed by atoms with Crippen LogP contribution in [0.25, 0.3) is 0 Å². The lowest BCUT2D eigenvalue weighted by Gasteiger charge is -2.22. The van der Waals surface area contributed by atoms with Gasteiger partial charge in [0, 0.05) is 0 Å². The van der Waals surface area contributed by atoms with Crippen molar-refractivity contribution in [3.05, 3.63) is 0 Å². The minimum Gasteiger partial charge on any atom is -0.0654 e. The highest BCUT2D eigenvalue weighted by Gasteiger charge is 2.13.